The molecule has 0 bridgehead atoms. The van der Waals surface area contributed by atoms with E-state index in [0.717, 1.165) is 37.4 Å². The number of fused-ring (bicyclic) bond motifs is 3. The molecule has 306 valence electrons. The van der Waals surface area contributed by atoms with E-state index in [1.807, 2.05) is 20.8 Å². The van der Waals surface area contributed by atoms with Crippen molar-refractivity contribution in [3.05, 3.63) is 0 Å². The largest absolute Gasteiger partial charge is 0.297 e. The molecule has 3 heterocycles. The van der Waals surface area contributed by atoms with Crippen molar-refractivity contribution in [2.45, 2.75) is 211 Å². The van der Waals surface area contributed by atoms with Crippen molar-refractivity contribution in [1.29, 1.82) is 0 Å². The molecule has 0 unspecified atom stereocenters. The number of nitrogens with zero attached hydrogens (tertiary/aromatic N) is 3. The number of ketones is 3. The van der Waals surface area contributed by atoms with Gasteiger partial charge in [-0.3, -0.25) is 29.1 Å². The first-order valence-corrected chi connectivity index (χ1v) is 21.8. The first-order valence-electron chi connectivity index (χ1n) is 21.8. The Kier molecular flexibility index (Phi) is 12.9. The predicted molar refractivity (Wildman–Crippen MR) is 222 cm³/mol. The number of hydrogen-bond acceptors (Lipinski definition) is 6. The van der Waals surface area contributed by atoms with Gasteiger partial charge in [0.15, 0.2) is 17.3 Å². The lowest BCUT2D eigenvalue weighted by molar-refractivity contribution is -0.134. The molecule has 6 heteroatoms. The molecule has 3 aliphatic carbocycles. The van der Waals surface area contributed by atoms with Gasteiger partial charge in [-0.25, -0.2) is 0 Å². The summed E-state index contributed by atoms with van der Waals surface area (Å²) in [6.07, 6.45) is 10.4. The molecule has 3 aliphatic heterocycles. The monoisotopic (exact) mass is 740 g/mol. The van der Waals surface area contributed by atoms with Crippen LogP contribution >= 0.6 is 0 Å². The maximum absolute atomic E-state index is 12.9. The van der Waals surface area contributed by atoms with Crippen molar-refractivity contribution >= 4 is 17.3 Å². The Balaban J connectivity index is 0.000000178. The highest BCUT2D eigenvalue weighted by molar-refractivity contribution is 5.90. The Bertz CT molecular complexity index is 1310. The second kappa shape index (κ2) is 15.3. The van der Waals surface area contributed by atoms with Crippen LogP contribution in [-0.2, 0) is 14.4 Å². The van der Waals surface area contributed by atoms with Gasteiger partial charge in [0.1, 0.15) is 0 Å². The molecule has 0 aromatic carbocycles. The van der Waals surface area contributed by atoms with Crippen molar-refractivity contribution < 1.29 is 14.4 Å². The van der Waals surface area contributed by atoms with Crippen LogP contribution in [0.1, 0.15) is 176 Å². The quantitative estimate of drug-likeness (QED) is 0.287. The molecule has 9 atom stereocenters. The van der Waals surface area contributed by atoms with Gasteiger partial charge < -0.3 is 0 Å². The van der Waals surface area contributed by atoms with Gasteiger partial charge in [-0.1, -0.05) is 81.6 Å². The molecule has 53 heavy (non-hydrogen) atoms. The van der Waals surface area contributed by atoms with E-state index in [1.165, 1.54) is 51.4 Å². The fourth-order valence-corrected chi connectivity index (χ4v) is 10.7. The summed E-state index contributed by atoms with van der Waals surface area (Å²) >= 11 is 0. The number of rotatable bonds is 3. The highest BCUT2D eigenvalue weighted by Crippen LogP contribution is 2.53. The number of carbonyl (C=O) groups is 3. The van der Waals surface area contributed by atoms with Gasteiger partial charge in [0, 0.05) is 52.5 Å². The van der Waals surface area contributed by atoms with Gasteiger partial charge in [0.05, 0.1) is 18.1 Å². The van der Waals surface area contributed by atoms with E-state index in [4.69, 9.17) is 0 Å². The highest BCUT2D eigenvalue weighted by Gasteiger charge is 2.59. The average molecular weight is 740 g/mol. The van der Waals surface area contributed by atoms with Crippen LogP contribution in [0, 0.1) is 51.8 Å². The molecule has 0 spiro atoms. The Morgan fingerprint density at radius 3 is 1.00 bits per heavy atom. The van der Waals surface area contributed by atoms with Gasteiger partial charge in [-0.2, -0.15) is 0 Å². The minimum absolute atomic E-state index is 0.100. The summed E-state index contributed by atoms with van der Waals surface area (Å²) in [5.74, 6) is 5.55. The van der Waals surface area contributed by atoms with Crippen LogP contribution in [0.15, 0.2) is 0 Å². The van der Waals surface area contributed by atoms with E-state index in [-0.39, 0.29) is 51.0 Å². The Morgan fingerprint density at radius 1 is 0.377 bits per heavy atom. The maximum atomic E-state index is 12.9. The summed E-state index contributed by atoms with van der Waals surface area (Å²) in [5, 5.41) is 0. The van der Waals surface area contributed by atoms with Crippen LogP contribution in [0.5, 0.6) is 0 Å². The van der Waals surface area contributed by atoms with E-state index in [1.54, 1.807) is 0 Å². The van der Waals surface area contributed by atoms with Gasteiger partial charge in [-0.15, -0.1) is 0 Å². The van der Waals surface area contributed by atoms with Crippen LogP contribution < -0.4 is 0 Å². The van der Waals surface area contributed by atoms with Crippen molar-refractivity contribution in [1.82, 2.24) is 14.7 Å². The predicted octanol–water partition coefficient (Wildman–Crippen LogP) is 10.1. The second-order valence-corrected chi connectivity index (χ2v) is 24.4. The molecule has 3 saturated heterocycles. The molecule has 6 fully saturated rings. The van der Waals surface area contributed by atoms with Crippen molar-refractivity contribution in [2.24, 2.45) is 51.8 Å². The van der Waals surface area contributed by atoms with E-state index in [9.17, 15) is 14.4 Å². The zero-order valence-corrected chi connectivity index (χ0v) is 38.0. The van der Waals surface area contributed by atoms with E-state index in [0.29, 0.717) is 35.1 Å². The average Bonchev–Trinajstić information content (AvgIpc) is 3.37. The molecule has 0 radical (unpaired) electrons. The minimum Gasteiger partial charge on any atom is -0.297 e. The third-order valence-corrected chi connectivity index (χ3v) is 13.8. The number of hydrogen-bond donors (Lipinski definition) is 0. The van der Waals surface area contributed by atoms with Gasteiger partial charge in [0.25, 0.3) is 0 Å². The van der Waals surface area contributed by atoms with E-state index < -0.39 is 0 Å². The topological polar surface area (TPSA) is 60.9 Å². The van der Waals surface area contributed by atoms with Crippen LogP contribution in [0.25, 0.3) is 0 Å². The highest BCUT2D eigenvalue weighted by atomic mass is 16.1. The smallest absolute Gasteiger partial charge is 0.155 e. The Morgan fingerprint density at radius 2 is 0.660 bits per heavy atom. The van der Waals surface area contributed by atoms with Crippen LogP contribution in [0.3, 0.4) is 0 Å². The lowest BCUT2D eigenvalue weighted by atomic mass is 9.73. The van der Waals surface area contributed by atoms with Gasteiger partial charge >= 0.3 is 0 Å². The first-order chi connectivity index (χ1) is 23.9. The molecule has 6 aliphatic rings. The van der Waals surface area contributed by atoms with Crippen LogP contribution in [0.2, 0.25) is 0 Å². The number of Topliss-reactive ketones (excluding diaryl/α,β-unsaturated/α-hetero) is 3. The molecular formula is C47H85N3O3. The zero-order chi connectivity index (χ0) is 40.4. The van der Waals surface area contributed by atoms with Gasteiger partial charge in [-0.05, 0) is 130 Å². The second-order valence-electron chi connectivity index (χ2n) is 24.4. The summed E-state index contributed by atoms with van der Waals surface area (Å²) in [6.45, 7) is 42.1. The number of carbonyl (C=O) groups excluding carboxylic acids is 3. The zero-order valence-electron chi connectivity index (χ0n) is 38.0. The van der Waals surface area contributed by atoms with E-state index >= 15 is 0 Å². The Labute approximate surface area is 327 Å². The molecule has 0 aromatic heterocycles. The normalized spacial score (nSPS) is 34.0. The third kappa shape index (κ3) is 10.1. The summed E-state index contributed by atoms with van der Waals surface area (Å²) in [5.41, 5.74) is -0.310. The molecule has 0 N–H and O–H groups in total. The lowest BCUT2D eigenvalue weighted by Crippen LogP contribution is -2.52. The van der Waals surface area contributed by atoms with Crippen LogP contribution in [0.4, 0.5) is 0 Å². The molecule has 3 saturated carbocycles. The van der Waals surface area contributed by atoms with Crippen molar-refractivity contribution in [3.63, 3.8) is 0 Å². The fourth-order valence-electron chi connectivity index (χ4n) is 10.7. The Hall–Kier alpha value is -1.11. The fraction of sp³-hybridized carbons (Fsp3) is 0.936. The van der Waals surface area contributed by atoms with E-state index in [2.05, 4.69) is 119 Å². The van der Waals surface area contributed by atoms with Crippen LogP contribution in [-0.4, -0.2) is 86.4 Å². The SMILES string of the molecule is CC(C)(C)C(=O)[C@@H]1[C@@H]2CCCC[C@@H]2CN1C(C)(C)C.CC(C)(C)C(=O)[C@@H]1[C@@H]2CCC[C@@H]2CN1C(C)(C)C.CC(C)(C)C(=O)[C@@H]1[C@@H]2C[C@@H]2CN1C(C)(C)C. The summed E-state index contributed by atoms with van der Waals surface area (Å²) in [4.78, 5) is 45.7. The summed E-state index contributed by atoms with van der Waals surface area (Å²) in [7, 11) is 0. The maximum Gasteiger partial charge on any atom is 0.155 e. The van der Waals surface area contributed by atoms with Gasteiger partial charge in [0.2, 0.25) is 0 Å². The lowest BCUT2D eigenvalue weighted by Gasteiger charge is -2.40. The molecule has 6 rings (SSSR count). The molecule has 6 nitrogen and oxygen atoms in total. The standard InChI is InChI=1S/C17H31NO.C16H29NO.C14H25NO/c1-16(2,3)15(19)14-13-10-8-7-9-12(13)11-18(14)17(4,5)6;1-15(2,3)14(18)13-12-9-7-8-11(12)10-17(13)16(4,5)6;1-13(2,3)12(16)11-10-7-9(10)8-15(11)14(4,5)6/h12-14H,7-11H2,1-6H3;11-13H,7-10H2,1-6H3;9-11H,7-8H2,1-6H3/t12-,13-,14+;11-,12-,13+;9-,10-,11+/m111/s1. The first kappa shape index (κ1) is 44.6. The number of piperidine rings is 1. The third-order valence-electron chi connectivity index (χ3n) is 13.8. The van der Waals surface area contributed by atoms with Crippen molar-refractivity contribution in [3.8, 4) is 0 Å². The molecular weight excluding hydrogens is 655 g/mol. The van der Waals surface area contributed by atoms with Crippen molar-refractivity contribution in [2.75, 3.05) is 19.6 Å². The summed E-state index contributed by atoms with van der Waals surface area (Å²) in [6, 6.07) is 0.507. The molecule has 0 amide bonds. The molecule has 0 aromatic rings. The summed E-state index contributed by atoms with van der Waals surface area (Å²) < 4.78 is 0. The number of likely N-dealkylation sites (tertiary alicyclic amines) is 3. The minimum atomic E-state index is -0.222.